The molecule has 1 heterocycles. The SMILES string of the molecule is CCc1cnccc1C(=O)Cc1ccc(Cl)c(F)c1. The molecule has 1 aromatic carbocycles. The maximum atomic E-state index is 13.3. The highest BCUT2D eigenvalue weighted by Crippen LogP contribution is 2.18. The van der Waals surface area contributed by atoms with Crippen molar-refractivity contribution in [3.05, 3.63) is 64.2 Å². The second kappa shape index (κ2) is 5.93. The van der Waals surface area contributed by atoms with Crippen LogP contribution in [0.3, 0.4) is 0 Å². The highest BCUT2D eigenvalue weighted by Gasteiger charge is 2.12. The predicted molar refractivity (Wildman–Crippen MR) is 73.1 cm³/mol. The van der Waals surface area contributed by atoms with Crippen LogP contribution in [0.1, 0.15) is 28.4 Å². The Kier molecular flexibility index (Phi) is 4.27. The molecule has 0 saturated heterocycles. The number of halogens is 2. The van der Waals surface area contributed by atoms with Crippen LogP contribution >= 0.6 is 11.6 Å². The van der Waals surface area contributed by atoms with Crippen molar-refractivity contribution in [1.82, 2.24) is 4.98 Å². The smallest absolute Gasteiger partial charge is 0.167 e. The van der Waals surface area contributed by atoms with E-state index < -0.39 is 5.82 Å². The Morgan fingerprint density at radius 2 is 2.16 bits per heavy atom. The van der Waals surface area contributed by atoms with Crippen molar-refractivity contribution in [3.8, 4) is 0 Å². The van der Waals surface area contributed by atoms with Gasteiger partial charge in [0.1, 0.15) is 5.82 Å². The molecule has 2 aromatic rings. The van der Waals surface area contributed by atoms with Gasteiger partial charge in [-0.1, -0.05) is 24.6 Å². The fraction of sp³-hybridized carbons (Fsp3) is 0.200. The van der Waals surface area contributed by atoms with E-state index in [1.807, 2.05) is 6.92 Å². The van der Waals surface area contributed by atoms with Crippen LogP contribution in [0.25, 0.3) is 0 Å². The Morgan fingerprint density at radius 1 is 1.37 bits per heavy atom. The molecule has 4 heteroatoms. The molecule has 0 spiro atoms. The molecule has 0 aliphatic heterocycles. The van der Waals surface area contributed by atoms with E-state index in [1.54, 1.807) is 24.5 Å². The van der Waals surface area contributed by atoms with Gasteiger partial charge in [-0.2, -0.15) is 0 Å². The molecule has 0 atom stereocenters. The van der Waals surface area contributed by atoms with E-state index in [2.05, 4.69) is 4.98 Å². The molecule has 0 fully saturated rings. The average Bonchev–Trinajstić information content (AvgIpc) is 2.43. The van der Waals surface area contributed by atoms with Crippen molar-refractivity contribution in [2.75, 3.05) is 0 Å². The van der Waals surface area contributed by atoms with E-state index in [0.717, 1.165) is 12.0 Å². The van der Waals surface area contributed by atoms with E-state index in [4.69, 9.17) is 11.6 Å². The molecule has 1 aromatic heterocycles. The number of benzene rings is 1. The summed E-state index contributed by atoms with van der Waals surface area (Å²) in [5.74, 6) is -0.543. The third-order valence-corrected chi connectivity index (χ3v) is 3.24. The first-order chi connectivity index (χ1) is 9.11. The average molecular weight is 278 g/mol. The zero-order chi connectivity index (χ0) is 13.8. The number of rotatable bonds is 4. The van der Waals surface area contributed by atoms with Gasteiger partial charge in [0.25, 0.3) is 0 Å². The van der Waals surface area contributed by atoms with Gasteiger partial charge < -0.3 is 0 Å². The quantitative estimate of drug-likeness (QED) is 0.794. The van der Waals surface area contributed by atoms with Gasteiger partial charge in [-0.15, -0.1) is 0 Å². The van der Waals surface area contributed by atoms with Crippen molar-refractivity contribution >= 4 is 17.4 Å². The van der Waals surface area contributed by atoms with Crippen LogP contribution in [0.5, 0.6) is 0 Å². The van der Waals surface area contributed by atoms with Gasteiger partial charge in [0, 0.05) is 24.4 Å². The Hall–Kier alpha value is -1.74. The van der Waals surface area contributed by atoms with E-state index in [9.17, 15) is 9.18 Å². The molecule has 98 valence electrons. The van der Waals surface area contributed by atoms with Crippen LogP contribution in [0.4, 0.5) is 4.39 Å². The summed E-state index contributed by atoms with van der Waals surface area (Å²) in [5, 5.41) is 0.0642. The predicted octanol–water partition coefficient (Wildman–Crippen LogP) is 3.86. The lowest BCUT2D eigenvalue weighted by Gasteiger charge is -2.06. The Labute approximate surface area is 116 Å². The minimum Gasteiger partial charge on any atom is -0.294 e. The van der Waals surface area contributed by atoms with E-state index >= 15 is 0 Å². The normalized spacial score (nSPS) is 10.5. The molecule has 19 heavy (non-hydrogen) atoms. The number of Topliss-reactive ketones (excluding diaryl/α,β-unsaturated/α-hetero) is 1. The van der Waals surface area contributed by atoms with Crippen LogP contribution in [0.15, 0.2) is 36.7 Å². The summed E-state index contributed by atoms with van der Waals surface area (Å²) in [6, 6.07) is 6.13. The van der Waals surface area contributed by atoms with Crippen LogP contribution in [-0.2, 0) is 12.8 Å². The largest absolute Gasteiger partial charge is 0.294 e. The van der Waals surface area contributed by atoms with Gasteiger partial charge in [0.15, 0.2) is 5.78 Å². The maximum absolute atomic E-state index is 13.3. The van der Waals surface area contributed by atoms with Crippen molar-refractivity contribution < 1.29 is 9.18 Å². The maximum Gasteiger partial charge on any atom is 0.167 e. The van der Waals surface area contributed by atoms with Crippen LogP contribution < -0.4 is 0 Å². The Bertz CT molecular complexity index is 613. The summed E-state index contributed by atoms with van der Waals surface area (Å²) in [5.41, 5.74) is 2.17. The second-order valence-corrected chi connectivity index (χ2v) is 4.64. The van der Waals surface area contributed by atoms with Crippen LogP contribution in [0, 0.1) is 5.82 Å². The van der Waals surface area contributed by atoms with Crippen molar-refractivity contribution in [2.24, 2.45) is 0 Å². The topological polar surface area (TPSA) is 30.0 Å². The Balaban J connectivity index is 2.23. The number of aromatic nitrogens is 1. The summed E-state index contributed by atoms with van der Waals surface area (Å²) in [6.07, 6.45) is 4.18. The summed E-state index contributed by atoms with van der Waals surface area (Å²) in [4.78, 5) is 16.2. The third-order valence-electron chi connectivity index (χ3n) is 2.93. The monoisotopic (exact) mass is 277 g/mol. The number of hydrogen-bond donors (Lipinski definition) is 0. The number of aryl methyl sites for hydroxylation is 1. The first-order valence-electron chi connectivity index (χ1n) is 6.01. The second-order valence-electron chi connectivity index (χ2n) is 4.23. The lowest BCUT2D eigenvalue weighted by atomic mass is 9.99. The Morgan fingerprint density at radius 3 is 2.84 bits per heavy atom. The first-order valence-corrected chi connectivity index (χ1v) is 6.39. The summed E-state index contributed by atoms with van der Waals surface area (Å²) < 4.78 is 13.3. The molecular weight excluding hydrogens is 265 g/mol. The molecular formula is C15H13ClFNO. The van der Waals surface area contributed by atoms with E-state index in [1.165, 1.54) is 12.1 Å². The molecule has 0 aliphatic rings. The van der Waals surface area contributed by atoms with E-state index in [-0.39, 0.29) is 17.2 Å². The van der Waals surface area contributed by atoms with E-state index in [0.29, 0.717) is 11.1 Å². The fourth-order valence-corrected chi connectivity index (χ4v) is 2.03. The molecule has 0 radical (unpaired) electrons. The highest BCUT2D eigenvalue weighted by atomic mass is 35.5. The minimum atomic E-state index is -0.502. The number of pyridine rings is 1. The summed E-state index contributed by atoms with van der Waals surface area (Å²) in [7, 11) is 0. The number of nitrogens with zero attached hydrogens (tertiary/aromatic N) is 1. The highest BCUT2D eigenvalue weighted by molar-refractivity contribution is 6.30. The van der Waals surface area contributed by atoms with Gasteiger partial charge >= 0.3 is 0 Å². The molecule has 0 aliphatic carbocycles. The molecule has 0 unspecified atom stereocenters. The van der Waals surface area contributed by atoms with Gasteiger partial charge in [-0.25, -0.2) is 4.39 Å². The molecule has 0 saturated carbocycles. The number of hydrogen-bond acceptors (Lipinski definition) is 2. The first kappa shape index (κ1) is 13.7. The van der Waals surface area contributed by atoms with Gasteiger partial charge in [0.2, 0.25) is 0 Å². The lowest BCUT2D eigenvalue weighted by molar-refractivity contribution is 0.0992. The number of carbonyl (C=O) groups is 1. The van der Waals surface area contributed by atoms with Gasteiger partial charge in [-0.05, 0) is 35.7 Å². The van der Waals surface area contributed by atoms with Crippen molar-refractivity contribution in [1.29, 1.82) is 0 Å². The number of ketones is 1. The van der Waals surface area contributed by atoms with Gasteiger partial charge in [-0.3, -0.25) is 9.78 Å². The van der Waals surface area contributed by atoms with Crippen molar-refractivity contribution in [3.63, 3.8) is 0 Å². The molecule has 2 nitrogen and oxygen atoms in total. The number of carbonyl (C=O) groups excluding carboxylic acids is 1. The zero-order valence-electron chi connectivity index (χ0n) is 10.5. The van der Waals surface area contributed by atoms with Crippen LogP contribution in [0.2, 0.25) is 5.02 Å². The minimum absolute atomic E-state index is 0.0408. The third kappa shape index (κ3) is 3.18. The zero-order valence-corrected chi connectivity index (χ0v) is 11.2. The van der Waals surface area contributed by atoms with Crippen LogP contribution in [-0.4, -0.2) is 10.8 Å². The standard InChI is InChI=1S/C15H13ClFNO/c1-2-11-9-18-6-5-12(11)15(19)8-10-3-4-13(16)14(17)7-10/h3-7,9H,2,8H2,1H3. The molecule has 0 bridgehead atoms. The summed E-state index contributed by atoms with van der Waals surface area (Å²) in [6.45, 7) is 1.97. The summed E-state index contributed by atoms with van der Waals surface area (Å²) >= 11 is 5.61. The lowest BCUT2D eigenvalue weighted by Crippen LogP contribution is -2.07. The molecule has 0 amide bonds. The van der Waals surface area contributed by atoms with Gasteiger partial charge in [0.05, 0.1) is 5.02 Å². The molecule has 0 N–H and O–H groups in total. The van der Waals surface area contributed by atoms with Crippen molar-refractivity contribution in [2.45, 2.75) is 19.8 Å². The fourth-order valence-electron chi connectivity index (χ4n) is 1.91. The molecule has 2 rings (SSSR count).